The maximum absolute atomic E-state index is 13.5. The topological polar surface area (TPSA) is 87.0 Å². The van der Waals surface area contributed by atoms with Crippen LogP contribution in [-0.4, -0.2) is 28.1 Å². The molecule has 0 unspecified atom stereocenters. The van der Waals surface area contributed by atoms with Crippen LogP contribution in [0.4, 0.5) is 10.1 Å². The predicted molar refractivity (Wildman–Crippen MR) is 68.6 cm³/mol. The summed E-state index contributed by atoms with van der Waals surface area (Å²) in [6.07, 6.45) is 3.31. The maximum Gasteiger partial charge on any atom is 0.256 e. The monoisotopic (exact) mass is 263 g/mol. The van der Waals surface area contributed by atoms with E-state index in [-0.39, 0.29) is 17.2 Å². The molecule has 0 radical (unpaired) electrons. The molecule has 7 heteroatoms. The Morgan fingerprint density at radius 1 is 1.58 bits per heavy atom. The molecule has 6 nitrogen and oxygen atoms in total. The van der Waals surface area contributed by atoms with Gasteiger partial charge in [0.2, 0.25) is 0 Å². The molecule has 4 N–H and O–H groups in total. The smallest absolute Gasteiger partial charge is 0.256 e. The first kappa shape index (κ1) is 13.0. The van der Waals surface area contributed by atoms with E-state index in [0.717, 1.165) is 5.56 Å². The largest absolute Gasteiger partial charge is 0.337 e. The van der Waals surface area contributed by atoms with Gasteiger partial charge in [-0.1, -0.05) is 6.07 Å². The molecule has 0 fully saturated rings. The third-order valence-corrected chi connectivity index (χ3v) is 2.71. The number of benzene rings is 1. The third-order valence-electron chi connectivity index (χ3n) is 2.71. The zero-order valence-corrected chi connectivity index (χ0v) is 10.4. The average Bonchev–Trinajstić information content (AvgIpc) is 2.90. The zero-order chi connectivity index (χ0) is 13.8. The number of hydrogen-bond donors (Lipinski definition) is 3. The predicted octanol–water partition coefficient (Wildman–Crippen LogP) is 1.11. The molecule has 100 valence electrons. The van der Waals surface area contributed by atoms with Crippen LogP contribution in [0.15, 0.2) is 30.6 Å². The van der Waals surface area contributed by atoms with Gasteiger partial charge < -0.3 is 10.3 Å². The van der Waals surface area contributed by atoms with Gasteiger partial charge in [0.05, 0.1) is 17.4 Å². The number of nitrogen functional groups attached to an aromatic ring is 1. The van der Waals surface area contributed by atoms with Gasteiger partial charge in [0.25, 0.3) is 5.91 Å². The van der Waals surface area contributed by atoms with E-state index in [2.05, 4.69) is 15.6 Å². The van der Waals surface area contributed by atoms with Crippen molar-refractivity contribution in [2.75, 3.05) is 12.5 Å². The summed E-state index contributed by atoms with van der Waals surface area (Å²) in [6.45, 7) is 0.371. The van der Waals surface area contributed by atoms with E-state index in [0.29, 0.717) is 6.54 Å². The summed E-state index contributed by atoms with van der Waals surface area (Å²) in [5.41, 5.74) is 3.25. The van der Waals surface area contributed by atoms with E-state index in [1.54, 1.807) is 19.4 Å². The number of halogens is 1. The number of nitrogens with two attached hydrogens (primary N) is 1. The minimum atomic E-state index is -0.565. The number of amides is 1. The summed E-state index contributed by atoms with van der Waals surface area (Å²) in [6, 6.07) is 4.23. The van der Waals surface area contributed by atoms with Crippen molar-refractivity contribution in [3.05, 3.63) is 47.5 Å². The van der Waals surface area contributed by atoms with Crippen molar-refractivity contribution >= 4 is 11.6 Å². The number of hydrazine groups is 1. The third kappa shape index (κ3) is 2.71. The van der Waals surface area contributed by atoms with Crippen LogP contribution in [0.1, 0.15) is 15.9 Å². The molecule has 0 saturated carbocycles. The summed E-state index contributed by atoms with van der Waals surface area (Å²) in [5, 5.41) is 6.46. The van der Waals surface area contributed by atoms with Crippen molar-refractivity contribution in [3.8, 4) is 0 Å². The van der Waals surface area contributed by atoms with E-state index < -0.39 is 5.82 Å². The molecule has 19 heavy (non-hydrogen) atoms. The number of carbonyl (C=O) groups excluding carboxylic acids is 1. The highest BCUT2D eigenvalue weighted by Gasteiger charge is 2.18. The lowest BCUT2D eigenvalue weighted by Crippen LogP contribution is -2.27. The Morgan fingerprint density at radius 2 is 2.37 bits per heavy atom. The van der Waals surface area contributed by atoms with Crippen LogP contribution in [0.5, 0.6) is 0 Å². The molecular formula is C12H14FN5O. The van der Waals surface area contributed by atoms with Gasteiger partial charge in [-0.3, -0.25) is 15.7 Å². The second-order valence-electron chi connectivity index (χ2n) is 4.07. The normalized spacial score (nSPS) is 10.3. The van der Waals surface area contributed by atoms with Gasteiger partial charge in [0.1, 0.15) is 5.82 Å². The minimum absolute atomic E-state index is 0.00783. The number of para-hydroxylation sites is 1. The van der Waals surface area contributed by atoms with E-state index in [4.69, 9.17) is 5.84 Å². The molecule has 0 saturated heterocycles. The van der Waals surface area contributed by atoms with Gasteiger partial charge in [-0.2, -0.15) is 5.10 Å². The standard InChI is InChI=1S/C12H14FN5O/c1-18(7-8-5-15-16-6-8)12(19)9-3-2-4-10(13)11(9)17-14/h2-6,17H,7,14H2,1H3,(H,15,16). The molecule has 2 aromatic rings. The summed E-state index contributed by atoms with van der Waals surface area (Å²) in [5.74, 6) is 4.36. The van der Waals surface area contributed by atoms with Gasteiger partial charge in [-0.25, -0.2) is 4.39 Å². The first-order chi connectivity index (χ1) is 9.13. The molecule has 0 aliphatic heterocycles. The van der Waals surface area contributed by atoms with Crippen LogP contribution in [-0.2, 0) is 6.54 Å². The summed E-state index contributed by atoms with van der Waals surface area (Å²) in [4.78, 5) is 13.7. The number of rotatable bonds is 4. The molecule has 1 aromatic heterocycles. The lowest BCUT2D eigenvalue weighted by molar-refractivity contribution is 0.0785. The fourth-order valence-electron chi connectivity index (χ4n) is 1.76. The Hall–Kier alpha value is -2.41. The lowest BCUT2D eigenvalue weighted by Gasteiger charge is -2.18. The fraction of sp³-hybridized carbons (Fsp3) is 0.167. The Labute approximate surface area is 109 Å². The number of aromatic nitrogens is 2. The number of nitrogens with one attached hydrogen (secondary N) is 2. The van der Waals surface area contributed by atoms with Crippen molar-refractivity contribution in [3.63, 3.8) is 0 Å². The summed E-state index contributed by atoms with van der Waals surface area (Å²) < 4.78 is 13.5. The molecule has 1 amide bonds. The molecule has 0 aliphatic carbocycles. The van der Waals surface area contributed by atoms with Crippen LogP contribution < -0.4 is 11.3 Å². The Bertz CT molecular complexity index is 570. The molecule has 0 bridgehead atoms. The summed E-state index contributed by atoms with van der Waals surface area (Å²) in [7, 11) is 1.63. The van der Waals surface area contributed by atoms with Gasteiger partial charge in [-0.15, -0.1) is 0 Å². The molecule has 0 aliphatic rings. The van der Waals surface area contributed by atoms with Crippen LogP contribution in [0, 0.1) is 5.82 Å². The van der Waals surface area contributed by atoms with Gasteiger partial charge in [0.15, 0.2) is 0 Å². The highest BCUT2D eigenvalue weighted by Crippen LogP contribution is 2.20. The van der Waals surface area contributed by atoms with E-state index in [1.165, 1.54) is 23.1 Å². The van der Waals surface area contributed by atoms with Crippen molar-refractivity contribution in [2.24, 2.45) is 5.84 Å². The van der Waals surface area contributed by atoms with Gasteiger partial charge in [-0.05, 0) is 12.1 Å². The van der Waals surface area contributed by atoms with Crippen molar-refractivity contribution < 1.29 is 9.18 Å². The second-order valence-corrected chi connectivity index (χ2v) is 4.07. The van der Waals surface area contributed by atoms with E-state index >= 15 is 0 Å². The van der Waals surface area contributed by atoms with Crippen molar-refractivity contribution in [2.45, 2.75) is 6.54 Å². The van der Waals surface area contributed by atoms with Gasteiger partial charge >= 0.3 is 0 Å². The molecular weight excluding hydrogens is 249 g/mol. The SMILES string of the molecule is CN(Cc1cn[nH]c1)C(=O)c1cccc(F)c1NN. The highest BCUT2D eigenvalue weighted by molar-refractivity contribution is 5.99. The van der Waals surface area contributed by atoms with Crippen LogP contribution in [0.25, 0.3) is 0 Å². The number of carbonyl (C=O) groups is 1. The number of hydrogen-bond acceptors (Lipinski definition) is 4. The lowest BCUT2D eigenvalue weighted by atomic mass is 10.1. The van der Waals surface area contributed by atoms with E-state index in [1.807, 2.05) is 0 Å². The van der Waals surface area contributed by atoms with Gasteiger partial charge in [0, 0.05) is 25.4 Å². The highest BCUT2D eigenvalue weighted by atomic mass is 19.1. The zero-order valence-electron chi connectivity index (χ0n) is 10.4. The molecule has 2 rings (SSSR count). The number of aromatic amines is 1. The minimum Gasteiger partial charge on any atom is -0.337 e. The van der Waals surface area contributed by atoms with Crippen LogP contribution >= 0.6 is 0 Å². The number of H-pyrrole nitrogens is 1. The second kappa shape index (κ2) is 5.49. The molecule has 1 heterocycles. The first-order valence-corrected chi connectivity index (χ1v) is 5.61. The fourth-order valence-corrected chi connectivity index (χ4v) is 1.76. The molecule has 0 atom stereocenters. The molecule has 0 spiro atoms. The average molecular weight is 263 g/mol. The first-order valence-electron chi connectivity index (χ1n) is 5.61. The van der Waals surface area contributed by atoms with Crippen molar-refractivity contribution in [1.29, 1.82) is 0 Å². The number of anilines is 1. The van der Waals surface area contributed by atoms with E-state index in [9.17, 15) is 9.18 Å². The Kier molecular flexibility index (Phi) is 3.76. The summed E-state index contributed by atoms with van der Waals surface area (Å²) >= 11 is 0. The Morgan fingerprint density at radius 3 is 3.00 bits per heavy atom. The van der Waals surface area contributed by atoms with Crippen LogP contribution in [0.2, 0.25) is 0 Å². The quantitative estimate of drug-likeness (QED) is 0.569. The Balaban J connectivity index is 2.22. The van der Waals surface area contributed by atoms with Crippen molar-refractivity contribution in [1.82, 2.24) is 15.1 Å². The van der Waals surface area contributed by atoms with Crippen LogP contribution in [0.3, 0.4) is 0 Å². The molecule has 1 aromatic carbocycles. The maximum atomic E-state index is 13.5. The number of nitrogens with zero attached hydrogens (tertiary/aromatic N) is 2.